The minimum atomic E-state index is -0.446. The molecule has 17 heavy (non-hydrogen) atoms. The minimum absolute atomic E-state index is 0.153. The molecule has 1 saturated carbocycles. The van der Waals surface area contributed by atoms with Crippen LogP contribution in [0.1, 0.15) is 44.3 Å². The van der Waals surface area contributed by atoms with Crippen molar-refractivity contribution in [2.24, 2.45) is 5.92 Å². The van der Waals surface area contributed by atoms with Crippen LogP contribution in [0.5, 0.6) is 5.75 Å². The molecular formula is C14H17ClO2. The third-order valence-corrected chi connectivity index (χ3v) is 4.34. The first-order valence-corrected chi connectivity index (χ1v) is 6.69. The van der Waals surface area contributed by atoms with Gasteiger partial charge in [-0.1, -0.05) is 18.5 Å². The Morgan fingerprint density at radius 2 is 2.24 bits per heavy atom. The zero-order valence-electron chi connectivity index (χ0n) is 9.95. The number of halogens is 1. The molecule has 3 heteroatoms. The van der Waals surface area contributed by atoms with Gasteiger partial charge in [0.15, 0.2) is 0 Å². The van der Waals surface area contributed by atoms with Gasteiger partial charge in [-0.05, 0) is 43.4 Å². The molecule has 0 saturated heterocycles. The average molecular weight is 253 g/mol. The van der Waals surface area contributed by atoms with E-state index in [9.17, 15) is 5.11 Å². The maximum Gasteiger partial charge on any atom is 0.126 e. The van der Waals surface area contributed by atoms with Crippen LogP contribution in [-0.2, 0) is 0 Å². The van der Waals surface area contributed by atoms with Crippen LogP contribution in [0.4, 0.5) is 0 Å². The van der Waals surface area contributed by atoms with Gasteiger partial charge >= 0.3 is 0 Å². The average Bonchev–Trinajstić information content (AvgIpc) is 3.14. The summed E-state index contributed by atoms with van der Waals surface area (Å²) in [6, 6.07) is 5.52. The number of fused-ring (bicyclic) bond motifs is 1. The van der Waals surface area contributed by atoms with Gasteiger partial charge in [0.2, 0.25) is 0 Å². The van der Waals surface area contributed by atoms with E-state index in [4.69, 9.17) is 16.3 Å². The SMILES string of the molecule is CCC1(C2CC2)C[C@@H](O)c2cc(Cl)ccc2O1. The van der Waals surface area contributed by atoms with Gasteiger partial charge in [0.05, 0.1) is 6.10 Å². The first-order chi connectivity index (χ1) is 8.14. The summed E-state index contributed by atoms with van der Waals surface area (Å²) < 4.78 is 6.20. The van der Waals surface area contributed by atoms with Crippen molar-refractivity contribution in [1.82, 2.24) is 0 Å². The van der Waals surface area contributed by atoms with Crippen molar-refractivity contribution < 1.29 is 9.84 Å². The first-order valence-electron chi connectivity index (χ1n) is 6.31. The lowest BCUT2D eigenvalue weighted by Crippen LogP contribution is -2.42. The maximum atomic E-state index is 10.3. The Hall–Kier alpha value is -0.730. The van der Waals surface area contributed by atoms with Gasteiger partial charge in [0.1, 0.15) is 11.4 Å². The number of benzene rings is 1. The Morgan fingerprint density at radius 3 is 2.88 bits per heavy atom. The fourth-order valence-electron chi connectivity index (χ4n) is 2.94. The van der Waals surface area contributed by atoms with Crippen molar-refractivity contribution in [3.8, 4) is 5.75 Å². The highest BCUT2D eigenvalue weighted by Gasteiger charge is 2.49. The van der Waals surface area contributed by atoms with E-state index in [1.165, 1.54) is 12.8 Å². The largest absolute Gasteiger partial charge is 0.487 e. The highest BCUT2D eigenvalue weighted by atomic mass is 35.5. The number of ether oxygens (including phenoxy) is 1. The molecule has 92 valence electrons. The van der Waals surface area contributed by atoms with Crippen molar-refractivity contribution in [2.45, 2.75) is 44.3 Å². The quantitative estimate of drug-likeness (QED) is 0.869. The van der Waals surface area contributed by atoms with Gasteiger partial charge in [0, 0.05) is 17.0 Å². The van der Waals surface area contributed by atoms with Gasteiger partial charge in [-0.3, -0.25) is 0 Å². The number of aliphatic hydroxyl groups is 1. The summed E-state index contributed by atoms with van der Waals surface area (Å²) >= 11 is 5.96. The second-order valence-corrected chi connectivity index (χ2v) is 5.63. The summed E-state index contributed by atoms with van der Waals surface area (Å²) in [6.07, 6.45) is 3.66. The molecule has 1 aliphatic carbocycles. The van der Waals surface area contributed by atoms with E-state index in [0.717, 1.165) is 17.7 Å². The Bertz CT molecular complexity index is 442. The van der Waals surface area contributed by atoms with Gasteiger partial charge in [-0.2, -0.15) is 0 Å². The van der Waals surface area contributed by atoms with Crippen LogP contribution < -0.4 is 4.74 Å². The predicted molar refractivity (Wildman–Crippen MR) is 67.4 cm³/mol. The van der Waals surface area contributed by atoms with Crippen LogP contribution >= 0.6 is 11.6 Å². The van der Waals surface area contributed by atoms with Crippen LogP contribution in [-0.4, -0.2) is 10.7 Å². The van der Waals surface area contributed by atoms with E-state index < -0.39 is 6.10 Å². The van der Waals surface area contributed by atoms with Crippen molar-refractivity contribution in [3.05, 3.63) is 28.8 Å². The zero-order valence-corrected chi connectivity index (χ0v) is 10.7. The molecule has 0 amide bonds. The first kappa shape index (κ1) is 11.4. The second-order valence-electron chi connectivity index (χ2n) is 5.20. The summed E-state index contributed by atoms with van der Waals surface area (Å²) in [5.41, 5.74) is 0.683. The van der Waals surface area contributed by atoms with Crippen molar-refractivity contribution in [2.75, 3.05) is 0 Å². The molecule has 0 aromatic heterocycles. The third kappa shape index (κ3) is 1.84. The van der Waals surface area contributed by atoms with E-state index in [1.807, 2.05) is 18.2 Å². The predicted octanol–water partition coefficient (Wildman–Crippen LogP) is 3.71. The molecule has 0 spiro atoms. The van der Waals surface area contributed by atoms with E-state index in [1.54, 1.807) is 0 Å². The molecule has 2 aliphatic rings. The number of hydrogen-bond donors (Lipinski definition) is 1. The lowest BCUT2D eigenvalue weighted by molar-refractivity contribution is -0.0327. The lowest BCUT2D eigenvalue weighted by atomic mass is 9.83. The van der Waals surface area contributed by atoms with Crippen molar-refractivity contribution in [3.63, 3.8) is 0 Å². The van der Waals surface area contributed by atoms with Crippen LogP contribution in [0.2, 0.25) is 5.02 Å². The highest BCUT2D eigenvalue weighted by Crippen LogP contribution is 2.52. The second kappa shape index (κ2) is 3.89. The molecule has 2 atom stereocenters. The topological polar surface area (TPSA) is 29.5 Å². The van der Waals surface area contributed by atoms with E-state index in [2.05, 4.69) is 6.92 Å². The zero-order chi connectivity index (χ0) is 12.0. The summed E-state index contributed by atoms with van der Waals surface area (Å²) in [7, 11) is 0. The molecule has 1 unspecified atom stereocenters. The highest BCUT2D eigenvalue weighted by molar-refractivity contribution is 6.30. The Morgan fingerprint density at radius 1 is 1.47 bits per heavy atom. The summed E-state index contributed by atoms with van der Waals surface area (Å²) in [4.78, 5) is 0. The Kier molecular flexibility index (Phi) is 2.60. The fraction of sp³-hybridized carbons (Fsp3) is 0.571. The van der Waals surface area contributed by atoms with Crippen LogP contribution in [0.25, 0.3) is 0 Å². The van der Waals surface area contributed by atoms with Gasteiger partial charge < -0.3 is 9.84 Å². The molecule has 1 heterocycles. The van der Waals surface area contributed by atoms with Crippen molar-refractivity contribution in [1.29, 1.82) is 0 Å². The molecular weight excluding hydrogens is 236 g/mol. The van der Waals surface area contributed by atoms with Gasteiger partial charge in [-0.15, -0.1) is 0 Å². The Balaban J connectivity index is 1.99. The molecule has 0 radical (unpaired) electrons. The van der Waals surface area contributed by atoms with Crippen molar-refractivity contribution >= 4 is 11.6 Å². The summed E-state index contributed by atoms with van der Waals surface area (Å²) in [5, 5.41) is 10.9. The summed E-state index contributed by atoms with van der Waals surface area (Å²) in [6.45, 7) is 2.14. The number of aliphatic hydroxyl groups excluding tert-OH is 1. The normalized spacial score (nSPS) is 31.8. The molecule has 1 N–H and O–H groups in total. The molecule has 1 aliphatic heterocycles. The van der Waals surface area contributed by atoms with Gasteiger partial charge in [0.25, 0.3) is 0 Å². The maximum absolute atomic E-state index is 10.3. The molecule has 1 aromatic carbocycles. The monoisotopic (exact) mass is 252 g/mol. The van der Waals surface area contributed by atoms with Crippen LogP contribution in [0, 0.1) is 5.92 Å². The standard InChI is InChI=1S/C14H17ClO2/c1-2-14(9-3-4-9)8-12(16)11-7-10(15)5-6-13(11)17-14/h5-7,9,12,16H,2-4,8H2,1H3/t12-,14?/m1/s1. The molecule has 1 aromatic rings. The van der Waals surface area contributed by atoms with E-state index in [0.29, 0.717) is 17.4 Å². The minimum Gasteiger partial charge on any atom is -0.487 e. The third-order valence-electron chi connectivity index (χ3n) is 4.10. The number of rotatable bonds is 2. The lowest BCUT2D eigenvalue weighted by Gasteiger charge is -2.40. The van der Waals surface area contributed by atoms with Crippen LogP contribution in [0.15, 0.2) is 18.2 Å². The smallest absolute Gasteiger partial charge is 0.126 e. The number of hydrogen-bond acceptors (Lipinski definition) is 2. The molecule has 1 fully saturated rings. The van der Waals surface area contributed by atoms with Crippen LogP contribution in [0.3, 0.4) is 0 Å². The molecule has 2 nitrogen and oxygen atoms in total. The van der Waals surface area contributed by atoms with Gasteiger partial charge in [-0.25, -0.2) is 0 Å². The molecule has 0 bridgehead atoms. The fourth-order valence-corrected chi connectivity index (χ4v) is 3.12. The van der Waals surface area contributed by atoms with E-state index in [-0.39, 0.29) is 5.60 Å². The Labute approximate surface area is 107 Å². The summed E-state index contributed by atoms with van der Waals surface area (Å²) in [5.74, 6) is 1.42. The van der Waals surface area contributed by atoms with E-state index >= 15 is 0 Å². The molecule has 3 rings (SSSR count).